The number of amides is 1. The van der Waals surface area contributed by atoms with Crippen LogP contribution >= 0.6 is 12.4 Å². The van der Waals surface area contributed by atoms with Crippen LogP contribution in [0.2, 0.25) is 0 Å². The highest BCUT2D eigenvalue weighted by atomic mass is 35.5. The van der Waals surface area contributed by atoms with Gasteiger partial charge in [0.15, 0.2) is 0 Å². The van der Waals surface area contributed by atoms with Gasteiger partial charge in [-0.25, -0.2) is 8.78 Å². The van der Waals surface area contributed by atoms with Gasteiger partial charge < -0.3 is 10.2 Å². The van der Waals surface area contributed by atoms with Crippen molar-refractivity contribution in [1.29, 1.82) is 0 Å². The average molecular weight is 373 g/mol. The van der Waals surface area contributed by atoms with Gasteiger partial charge in [-0.15, -0.1) is 12.4 Å². The maximum Gasteiger partial charge on any atom is 0.223 e. The lowest BCUT2D eigenvalue weighted by Crippen LogP contribution is -2.39. The standard InChI is InChI=1S/C19H26F2N2O.ClH/c20-17-6-3-7-18(21)16(17)13-23(15-4-1-2-5-15)19(24)9-8-14-10-11-22-12-14;/h3,6-7,14-15,22H,1-2,4-5,8-13H2;1H. The van der Waals surface area contributed by atoms with E-state index in [1.54, 1.807) is 4.90 Å². The lowest BCUT2D eigenvalue weighted by molar-refractivity contribution is -0.134. The van der Waals surface area contributed by atoms with Gasteiger partial charge >= 0.3 is 0 Å². The third-order valence-electron chi connectivity index (χ3n) is 5.40. The zero-order valence-corrected chi connectivity index (χ0v) is 15.3. The lowest BCUT2D eigenvalue weighted by Gasteiger charge is -2.30. The number of benzene rings is 1. The van der Waals surface area contributed by atoms with Crippen LogP contribution in [-0.2, 0) is 11.3 Å². The van der Waals surface area contributed by atoms with E-state index in [2.05, 4.69) is 5.32 Å². The third kappa shape index (κ3) is 5.14. The number of hydrogen-bond donors (Lipinski definition) is 1. The Morgan fingerprint density at radius 2 is 1.84 bits per heavy atom. The van der Waals surface area contributed by atoms with Gasteiger partial charge in [-0.1, -0.05) is 18.9 Å². The predicted octanol–water partition coefficient (Wildman–Crippen LogP) is 4.05. The van der Waals surface area contributed by atoms with Crippen molar-refractivity contribution in [3.05, 3.63) is 35.4 Å². The Labute approximate surface area is 154 Å². The second-order valence-corrected chi connectivity index (χ2v) is 7.06. The van der Waals surface area contributed by atoms with E-state index in [1.165, 1.54) is 18.2 Å². The lowest BCUT2D eigenvalue weighted by atomic mass is 10.0. The van der Waals surface area contributed by atoms with Gasteiger partial charge in [0.1, 0.15) is 11.6 Å². The summed E-state index contributed by atoms with van der Waals surface area (Å²) < 4.78 is 28.0. The second-order valence-electron chi connectivity index (χ2n) is 7.06. The fraction of sp³-hybridized carbons (Fsp3) is 0.632. The summed E-state index contributed by atoms with van der Waals surface area (Å²) in [4.78, 5) is 14.5. The summed E-state index contributed by atoms with van der Waals surface area (Å²) in [7, 11) is 0. The molecule has 1 N–H and O–H groups in total. The number of hydrogen-bond acceptors (Lipinski definition) is 2. The smallest absolute Gasteiger partial charge is 0.223 e. The molecule has 2 aliphatic rings. The topological polar surface area (TPSA) is 32.3 Å². The summed E-state index contributed by atoms with van der Waals surface area (Å²) in [5, 5.41) is 3.31. The van der Waals surface area contributed by atoms with Crippen LogP contribution in [0.15, 0.2) is 18.2 Å². The van der Waals surface area contributed by atoms with Crippen LogP contribution < -0.4 is 5.32 Å². The maximum atomic E-state index is 14.0. The normalized spacial score (nSPS) is 20.5. The quantitative estimate of drug-likeness (QED) is 0.817. The summed E-state index contributed by atoms with van der Waals surface area (Å²) in [5.74, 6) is -0.544. The largest absolute Gasteiger partial charge is 0.335 e. The minimum Gasteiger partial charge on any atom is -0.335 e. The van der Waals surface area contributed by atoms with E-state index in [1.807, 2.05) is 0 Å². The van der Waals surface area contributed by atoms with Crippen LogP contribution in [0.3, 0.4) is 0 Å². The highest BCUT2D eigenvalue weighted by molar-refractivity contribution is 5.85. The highest BCUT2D eigenvalue weighted by Crippen LogP contribution is 2.28. The van der Waals surface area contributed by atoms with Crippen molar-refractivity contribution < 1.29 is 13.6 Å². The fourth-order valence-electron chi connectivity index (χ4n) is 3.92. The van der Waals surface area contributed by atoms with Gasteiger partial charge in [-0.2, -0.15) is 0 Å². The molecule has 1 amide bonds. The van der Waals surface area contributed by atoms with Crippen LogP contribution in [-0.4, -0.2) is 29.9 Å². The molecular formula is C19H27ClF2N2O. The molecule has 25 heavy (non-hydrogen) atoms. The van der Waals surface area contributed by atoms with Crippen LogP contribution in [0.1, 0.15) is 50.5 Å². The minimum atomic E-state index is -0.564. The number of halogens is 3. The summed E-state index contributed by atoms with van der Waals surface area (Å²) in [6, 6.07) is 4.02. The van der Waals surface area contributed by atoms with E-state index >= 15 is 0 Å². The van der Waals surface area contributed by atoms with Crippen molar-refractivity contribution in [3.8, 4) is 0 Å². The van der Waals surface area contributed by atoms with E-state index in [0.717, 1.165) is 51.6 Å². The first-order valence-corrected chi connectivity index (χ1v) is 9.08. The first-order chi connectivity index (χ1) is 11.6. The van der Waals surface area contributed by atoms with E-state index in [9.17, 15) is 13.6 Å². The number of carbonyl (C=O) groups excluding carboxylic acids is 1. The van der Waals surface area contributed by atoms with E-state index in [-0.39, 0.29) is 36.5 Å². The molecule has 1 aromatic rings. The van der Waals surface area contributed by atoms with Crippen LogP contribution in [0, 0.1) is 17.6 Å². The zero-order valence-electron chi connectivity index (χ0n) is 14.5. The van der Waals surface area contributed by atoms with Gasteiger partial charge in [0.2, 0.25) is 5.91 Å². The second kappa shape index (κ2) is 9.48. The van der Waals surface area contributed by atoms with Gasteiger partial charge in [0, 0.05) is 18.0 Å². The molecule has 1 heterocycles. The van der Waals surface area contributed by atoms with Gasteiger partial charge in [0.25, 0.3) is 0 Å². The molecule has 1 saturated heterocycles. The molecule has 3 rings (SSSR count). The molecule has 3 nitrogen and oxygen atoms in total. The van der Waals surface area contributed by atoms with Crippen molar-refractivity contribution in [2.45, 2.75) is 57.5 Å². The Kier molecular flexibility index (Phi) is 7.63. The predicted molar refractivity (Wildman–Crippen MR) is 96.6 cm³/mol. The van der Waals surface area contributed by atoms with Crippen molar-refractivity contribution in [1.82, 2.24) is 10.2 Å². The van der Waals surface area contributed by atoms with Gasteiger partial charge in [0.05, 0.1) is 6.54 Å². The molecule has 0 aromatic heterocycles. The van der Waals surface area contributed by atoms with Crippen molar-refractivity contribution >= 4 is 18.3 Å². The Morgan fingerprint density at radius 3 is 2.44 bits per heavy atom. The highest BCUT2D eigenvalue weighted by Gasteiger charge is 2.29. The number of nitrogens with zero attached hydrogens (tertiary/aromatic N) is 1. The zero-order chi connectivity index (χ0) is 16.9. The van der Waals surface area contributed by atoms with Crippen molar-refractivity contribution in [3.63, 3.8) is 0 Å². The Bertz CT molecular complexity index is 552. The third-order valence-corrected chi connectivity index (χ3v) is 5.40. The molecule has 6 heteroatoms. The average Bonchev–Trinajstić information content (AvgIpc) is 3.26. The Hall–Kier alpha value is -1.20. The summed E-state index contributed by atoms with van der Waals surface area (Å²) >= 11 is 0. The molecule has 1 saturated carbocycles. The number of nitrogens with one attached hydrogen (secondary N) is 1. The van der Waals surface area contributed by atoms with Crippen LogP contribution in [0.4, 0.5) is 8.78 Å². The first kappa shape index (κ1) is 20.1. The van der Waals surface area contributed by atoms with E-state index < -0.39 is 11.6 Å². The SMILES string of the molecule is Cl.O=C(CCC1CCNC1)N(Cc1c(F)cccc1F)C1CCCC1. The molecule has 1 aromatic carbocycles. The minimum absolute atomic E-state index is 0. The molecule has 0 spiro atoms. The van der Waals surface area contributed by atoms with Gasteiger partial charge in [-0.05, 0) is 56.8 Å². The van der Waals surface area contributed by atoms with Crippen molar-refractivity contribution in [2.24, 2.45) is 5.92 Å². The molecule has 1 unspecified atom stereocenters. The summed E-state index contributed by atoms with van der Waals surface area (Å²) in [6.45, 7) is 2.04. The molecule has 1 aliphatic carbocycles. The van der Waals surface area contributed by atoms with E-state index in [4.69, 9.17) is 0 Å². The molecule has 1 atom stereocenters. The van der Waals surface area contributed by atoms with Crippen LogP contribution in [0.25, 0.3) is 0 Å². The monoisotopic (exact) mass is 372 g/mol. The van der Waals surface area contributed by atoms with E-state index in [0.29, 0.717) is 12.3 Å². The summed E-state index contributed by atoms with van der Waals surface area (Å²) in [6.07, 6.45) is 6.48. The fourth-order valence-corrected chi connectivity index (χ4v) is 3.92. The maximum absolute atomic E-state index is 14.0. The summed E-state index contributed by atoms with van der Waals surface area (Å²) in [5.41, 5.74) is 0.0142. The molecule has 0 bridgehead atoms. The van der Waals surface area contributed by atoms with Crippen molar-refractivity contribution in [2.75, 3.05) is 13.1 Å². The first-order valence-electron chi connectivity index (χ1n) is 9.08. The van der Waals surface area contributed by atoms with Crippen LogP contribution in [0.5, 0.6) is 0 Å². The number of carbonyl (C=O) groups is 1. The molecular weight excluding hydrogens is 346 g/mol. The molecule has 0 radical (unpaired) electrons. The molecule has 2 fully saturated rings. The Balaban J connectivity index is 0.00000225. The number of rotatable bonds is 6. The molecule has 140 valence electrons. The Morgan fingerprint density at radius 1 is 1.16 bits per heavy atom. The van der Waals surface area contributed by atoms with Gasteiger partial charge in [-0.3, -0.25) is 4.79 Å². The molecule has 1 aliphatic heterocycles.